The summed E-state index contributed by atoms with van der Waals surface area (Å²) in [5, 5.41) is 3.16. The van der Waals surface area contributed by atoms with Crippen molar-refractivity contribution in [2.75, 3.05) is 31.6 Å². The van der Waals surface area contributed by atoms with Crippen molar-refractivity contribution in [2.45, 2.75) is 45.0 Å². The molecule has 36 heavy (non-hydrogen) atoms. The van der Waals surface area contributed by atoms with Gasteiger partial charge in [-0.15, -0.1) is 0 Å². The molecule has 2 bridgehead atoms. The van der Waals surface area contributed by atoms with Crippen LogP contribution < -0.4 is 5.32 Å². The number of hydrogen-bond acceptors (Lipinski definition) is 5. The lowest BCUT2D eigenvalue weighted by atomic mass is 10.0. The van der Waals surface area contributed by atoms with Crippen LogP contribution in [0.15, 0.2) is 48.5 Å². The van der Waals surface area contributed by atoms with Crippen LogP contribution in [0.1, 0.15) is 31.9 Å². The Kier molecular flexibility index (Phi) is 7.97. The van der Waals surface area contributed by atoms with Crippen LogP contribution >= 0.6 is 11.6 Å². The number of halogens is 2. The lowest BCUT2D eigenvalue weighted by Crippen LogP contribution is -2.65. The first-order valence-corrected chi connectivity index (χ1v) is 12.3. The fraction of sp³-hybridized carbons (Fsp3) is 0.407. The Bertz CT molecular complexity index is 1120. The first kappa shape index (κ1) is 26.1. The van der Waals surface area contributed by atoms with Crippen LogP contribution in [-0.4, -0.2) is 65.8 Å². The van der Waals surface area contributed by atoms with E-state index >= 15 is 0 Å². The number of nitrogens with one attached hydrogen (secondary N) is 1. The summed E-state index contributed by atoms with van der Waals surface area (Å²) in [5.74, 6) is -0.371. The van der Waals surface area contributed by atoms with Gasteiger partial charge in [-0.1, -0.05) is 29.8 Å². The maximum Gasteiger partial charge on any atom is 0.412 e. The zero-order chi connectivity index (χ0) is 25.9. The number of rotatable bonds is 5. The third-order valence-electron chi connectivity index (χ3n) is 5.98. The summed E-state index contributed by atoms with van der Waals surface area (Å²) in [6, 6.07) is 11.4. The van der Waals surface area contributed by atoms with Crippen molar-refractivity contribution >= 4 is 35.4 Å². The maximum absolute atomic E-state index is 13.3. The smallest absolute Gasteiger partial charge is 0.412 e. The molecule has 2 aliphatic heterocycles. The third kappa shape index (κ3) is 6.84. The van der Waals surface area contributed by atoms with Crippen molar-refractivity contribution in [3.05, 3.63) is 70.5 Å². The van der Waals surface area contributed by atoms with Gasteiger partial charge in [-0.05, 0) is 62.2 Å². The first-order chi connectivity index (χ1) is 17.1. The summed E-state index contributed by atoms with van der Waals surface area (Å²) >= 11 is 6.13. The predicted octanol–water partition coefficient (Wildman–Crippen LogP) is 4.95. The van der Waals surface area contributed by atoms with Crippen LogP contribution in [-0.2, 0) is 20.8 Å². The summed E-state index contributed by atoms with van der Waals surface area (Å²) in [5.41, 5.74) is 1.47. The zero-order valence-corrected chi connectivity index (χ0v) is 21.4. The summed E-state index contributed by atoms with van der Waals surface area (Å²) in [7, 11) is 0. The Hall–Kier alpha value is -2.94. The molecule has 0 aliphatic carbocycles. The molecule has 2 amide bonds. The quantitative estimate of drug-likeness (QED) is 0.570. The molecule has 192 valence electrons. The number of carbonyl (C=O) groups excluding carboxylic acids is 2. The van der Waals surface area contributed by atoms with Crippen molar-refractivity contribution < 1.29 is 23.5 Å². The second kappa shape index (κ2) is 11.0. The topological polar surface area (TPSA) is 71.1 Å². The first-order valence-electron chi connectivity index (χ1n) is 11.9. The Morgan fingerprint density at radius 2 is 1.81 bits per heavy atom. The minimum absolute atomic E-state index is 0.0836. The van der Waals surface area contributed by atoms with E-state index in [1.165, 1.54) is 18.2 Å². The monoisotopic (exact) mass is 515 g/mol. The van der Waals surface area contributed by atoms with E-state index < -0.39 is 11.7 Å². The number of amides is 2. The number of anilines is 1. The molecule has 2 saturated heterocycles. The van der Waals surface area contributed by atoms with Crippen LogP contribution in [0.4, 0.5) is 14.9 Å². The zero-order valence-electron chi connectivity index (χ0n) is 20.7. The molecule has 0 aromatic heterocycles. The van der Waals surface area contributed by atoms with E-state index in [-0.39, 0.29) is 23.8 Å². The number of morpholine rings is 1. The fourth-order valence-corrected chi connectivity index (χ4v) is 4.70. The molecule has 7 nitrogen and oxygen atoms in total. The Labute approximate surface area is 215 Å². The van der Waals surface area contributed by atoms with Gasteiger partial charge in [0, 0.05) is 30.7 Å². The van der Waals surface area contributed by atoms with E-state index in [0.717, 1.165) is 5.56 Å². The molecule has 2 aliphatic rings. The van der Waals surface area contributed by atoms with Gasteiger partial charge in [0.2, 0.25) is 5.91 Å². The Morgan fingerprint density at radius 1 is 1.14 bits per heavy atom. The van der Waals surface area contributed by atoms with Gasteiger partial charge in [-0.3, -0.25) is 15.0 Å². The highest BCUT2D eigenvalue weighted by Crippen LogP contribution is 2.26. The van der Waals surface area contributed by atoms with Gasteiger partial charge < -0.3 is 14.4 Å². The maximum atomic E-state index is 13.3. The molecular formula is C27H31ClFN3O4. The molecule has 2 aromatic carbocycles. The summed E-state index contributed by atoms with van der Waals surface area (Å²) in [4.78, 5) is 29.7. The highest BCUT2D eigenvalue weighted by molar-refractivity contribution is 6.31. The third-order valence-corrected chi connectivity index (χ3v) is 6.21. The number of nitrogens with zero attached hydrogens (tertiary/aromatic N) is 2. The highest BCUT2D eigenvalue weighted by atomic mass is 35.5. The Morgan fingerprint density at radius 3 is 2.44 bits per heavy atom. The molecule has 4 rings (SSSR count). The molecule has 0 radical (unpaired) electrons. The predicted molar refractivity (Wildman–Crippen MR) is 137 cm³/mol. The van der Waals surface area contributed by atoms with Gasteiger partial charge in [0.15, 0.2) is 0 Å². The molecule has 2 fully saturated rings. The number of ether oxygens (including phenoxy) is 2. The Balaban J connectivity index is 1.44. The van der Waals surface area contributed by atoms with E-state index in [2.05, 4.69) is 10.2 Å². The molecule has 2 aromatic rings. The number of fused-ring (bicyclic) bond motifs is 2. The minimum Gasteiger partial charge on any atom is -0.444 e. The van der Waals surface area contributed by atoms with Gasteiger partial charge in [0.1, 0.15) is 11.4 Å². The number of piperazine rings is 1. The summed E-state index contributed by atoms with van der Waals surface area (Å²) in [6.45, 7) is 8.29. The molecule has 1 N–H and O–H groups in total. The minimum atomic E-state index is -0.646. The van der Waals surface area contributed by atoms with Crippen molar-refractivity contribution in [2.24, 2.45) is 0 Å². The largest absolute Gasteiger partial charge is 0.444 e. The second-order valence-corrected chi connectivity index (χ2v) is 10.5. The van der Waals surface area contributed by atoms with Crippen molar-refractivity contribution in [1.82, 2.24) is 9.80 Å². The highest BCUT2D eigenvalue weighted by Gasteiger charge is 2.40. The normalized spacial score (nSPS) is 20.4. The summed E-state index contributed by atoms with van der Waals surface area (Å²) in [6.07, 6.45) is 2.59. The van der Waals surface area contributed by atoms with E-state index in [1.54, 1.807) is 57.2 Å². The van der Waals surface area contributed by atoms with Crippen molar-refractivity contribution in [3.8, 4) is 0 Å². The van der Waals surface area contributed by atoms with Crippen molar-refractivity contribution in [1.29, 1.82) is 0 Å². The SMILES string of the molecule is CC(C)(C)OC(=O)Nc1cc(Cl)ccc1/C=C/C(=O)N1C2COCC1CN(Cc1ccc(F)cc1)C2. The molecule has 0 saturated carbocycles. The number of benzene rings is 2. The molecular weight excluding hydrogens is 485 g/mol. The van der Waals surface area contributed by atoms with E-state index in [1.807, 2.05) is 4.90 Å². The molecule has 2 heterocycles. The van der Waals surface area contributed by atoms with Gasteiger partial charge >= 0.3 is 6.09 Å². The van der Waals surface area contributed by atoms with E-state index in [0.29, 0.717) is 49.1 Å². The lowest BCUT2D eigenvalue weighted by Gasteiger charge is -2.49. The number of carbonyl (C=O) groups is 2. The van der Waals surface area contributed by atoms with Gasteiger partial charge in [-0.25, -0.2) is 9.18 Å². The van der Waals surface area contributed by atoms with Crippen LogP contribution in [0.3, 0.4) is 0 Å². The molecule has 2 atom stereocenters. The molecule has 2 unspecified atom stereocenters. The summed E-state index contributed by atoms with van der Waals surface area (Å²) < 4.78 is 24.3. The van der Waals surface area contributed by atoms with Gasteiger partial charge in [0.25, 0.3) is 0 Å². The van der Waals surface area contributed by atoms with Crippen LogP contribution in [0.25, 0.3) is 6.08 Å². The van der Waals surface area contributed by atoms with Gasteiger partial charge in [-0.2, -0.15) is 0 Å². The fourth-order valence-electron chi connectivity index (χ4n) is 4.53. The van der Waals surface area contributed by atoms with Gasteiger partial charge in [0.05, 0.1) is 31.0 Å². The second-order valence-electron chi connectivity index (χ2n) is 10.1. The number of hydrogen-bond donors (Lipinski definition) is 1. The molecule has 0 spiro atoms. The van der Waals surface area contributed by atoms with Crippen LogP contribution in [0.5, 0.6) is 0 Å². The van der Waals surface area contributed by atoms with Crippen LogP contribution in [0.2, 0.25) is 5.02 Å². The molecule has 9 heteroatoms. The van der Waals surface area contributed by atoms with Crippen molar-refractivity contribution in [3.63, 3.8) is 0 Å². The average Bonchev–Trinajstić information content (AvgIpc) is 2.78. The lowest BCUT2D eigenvalue weighted by molar-refractivity contribution is -0.150. The van der Waals surface area contributed by atoms with Crippen LogP contribution in [0, 0.1) is 5.82 Å². The van der Waals surface area contributed by atoms with E-state index in [4.69, 9.17) is 21.1 Å². The average molecular weight is 516 g/mol. The standard InChI is InChI=1S/C27H31ClFN3O4/c1-27(2,3)36-26(34)30-24-12-20(28)8-6-19(24)7-11-25(33)32-22-14-31(15-23(32)17-35-16-22)13-18-4-9-21(29)10-5-18/h4-12,22-23H,13-17H2,1-3H3,(H,30,34)/b11-7+. The van der Waals surface area contributed by atoms with E-state index in [9.17, 15) is 14.0 Å².